The fourth-order valence-corrected chi connectivity index (χ4v) is 1.22. The van der Waals surface area contributed by atoms with Crippen molar-refractivity contribution in [2.24, 2.45) is 0 Å². The van der Waals surface area contributed by atoms with Crippen LogP contribution in [0.2, 0.25) is 0 Å². The monoisotopic (exact) mass is 457 g/mol. The van der Waals surface area contributed by atoms with Crippen molar-refractivity contribution < 1.29 is 9.59 Å². The molecule has 0 saturated heterocycles. The number of benzene rings is 1. The van der Waals surface area contributed by atoms with E-state index in [9.17, 15) is 9.59 Å². The summed E-state index contributed by atoms with van der Waals surface area (Å²) in [6.07, 6.45) is 2.29. The van der Waals surface area contributed by atoms with E-state index >= 15 is 0 Å². The molecule has 3 nitrogen and oxygen atoms in total. The van der Waals surface area contributed by atoms with Crippen molar-refractivity contribution >= 4 is 12.2 Å². The number of rotatable bonds is 4. The predicted octanol–water partition coefficient (Wildman–Crippen LogP) is 0.843. The molecular weight excluding hydrogens is 445 g/mol. The maximum absolute atomic E-state index is 10.7. The van der Waals surface area contributed by atoms with E-state index in [4.69, 9.17) is 0 Å². The number of carbonyl (C=O) groups excluding carboxylic acids is 2. The maximum Gasteiger partial charge on any atom is 0.214 e. The molecule has 1 atom stereocenters. The van der Waals surface area contributed by atoms with Crippen molar-refractivity contribution in [1.29, 1.82) is 0 Å². The molecule has 15 heavy (non-hydrogen) atoms. The molecule has 4 heteroatoms. The largest absolute Gasteiger partial charge is 0.540 e. The van der Waals surface area contributed by atoms with Crippen molar-refractivity contribution in [1.82, 2.24) is 5.32 Å². The Hall–Kier alpha value is -2.64. The Morgan fingerprint density at radius 1 is 1.40 bits per heavy atom. The van der Waals surface area contributed by atoms with Gasteiger partial charge in [-0.1, -0.05) is 36.4 Å². The number of hydrogen-bond acceptors (Lipinski definition) is 2. The zero-order chi connectivity index (χ0) is 10.4. The van der Waals surface area contributed by atoms with Gasteiger partial charge in [0.1, 0.15) is 0 Å². The van der Waals surface area contributed by atoms with Crippen LogP contribution in [-0.2, 0) is 16.0 Å². The smallest absolute Gasteiger partial charge is 0.214 e. The Bertz CT molecular complexity index is 314. The molecule has 0 saturated carbocycles. The summed E-state index contributed by atoms with van der Waals surface area (Å²) in [7, 11) is 0. The fraction of sp³-hybridized carbons (Fsp3) is 0.273. The van der Waals surface area contributed by atoms with Crippen molar-refractivity contribution in [3.05, 3.63) is 35.9 Å². The van der Waals surface area contributed by atoms with Crippen LogP contribution in [0.4, 0.5) is 0 Å². The zero-order valence-electron chi connectivity index (χ0n) is 8.69. The van der Waals surface area contributed by atoms with Crippen molar-refractivity contribution in [2.75, 3.05) is 0 Å². The topological polar surface area (TPSA) is 46.2 Å². The van der Waals surface area contributed by atoms with Crippen molar-refractivity contribution in [3.63, 3.8) is 0 Å². The molecule has 76 valence electrons. The van der Waals surface area contributed by atoms with Crippen LogP contribution in [0.1, 0.15) is 12.5 Å². The van der Waals surface area contributed by atoms with Gasteiger partial charge in [0.25, 0.3) is 0 Å². The van der Waals surface area contributed by atoms with Gasteiger partial charge in [0.15, 0.2) is 0 Å². The number of hydrogen-bond donors (Lipinski definition) is 1. The van der Waals surface area contributed by atoms with Gasteiger partial charge in [-0.25, -0.2) is 6.29 Å². The predicted molar refractivity (Wildman–Crippen MR) is 53.4 cm³/mol. The molecule has 1 N–H and O–H groups in total. The molecule has 1 rings (SSSR count). The average Bonchev–Trinajstić information content (AvgIpc) is 2.17. The summed E-state index contributed by atoms with van der Waals surface area (Å²) < 4.78 is 0. The summed E-state index contributed by atoms with van der Waals surface area (Å²) in [5.41, 5.74) is 1.01. The van der Waals surface area contributed by atoms with Crippen LogP contribution >= 0.6 is 0 Å². The molecule has 0 aliphatic carbocycles. The minimum atomic E-state index is -0.546. The molecule has 0 heterocycles. The number of amides is 1. The Balaban J connectivity index is 0.00000196. The van der Waals surface area contributed by atoms with E-state index in [1.54, 1.807) is 6.29 Å². The Kier molecular flexibility index (Phi) is 4.87. The van der Waals surface area contributed by atoms with Crippen molar-refractivity contribution in [2.45, 2.75) is 19.4 Å². The molecule has 1 unspecified atom stereocenters. The maximum atomic E-state index is 10.7. The van der Waals surface area contributed by atoms with E-state index in [0.717, 1.165) is 5.56 Å². The molecule has 0 bridgehead atoms. The first-order chi connectivity index (χ1) is 6.72. The summed E-state index contributed by atoms with van der Waals surface area (Å²) in [5, 5.41) is 2.52. The summed E-state index contributed by atoms with van der Waals surface area (Å²) in [5.74, 6) is -0.214. The molecule has 0 radical (unpaired) electrons. The molecule has 0 fully saturated rings. The average molecular weight is 457 g/mol. The van der Waals surface area contributed by atoms with Crippen LogP contribution < -0.4 is 5.32 Å². The second-order valence-corrected chi connectivity index (χ2v) is 3.06. The minimum absolute atomic E-state index is 0. The van der Waals surface area contributed by atoms with Gasteiger partial charge in [-0.3, -0.25) is 4.79 Å². The van der Waals surface area contributed by atoms with Crippen LogP contribution in [-0.4, -0.2) is 18.2 Å². The molecule has 0 aliphatic heterocycles. The standard InChI is InChI=1S/C11H12NO2.Rf/c1-9(14)12-11(8-13)7-10-5-3-2-4-6-10;/h2-6,11H,7H2,1H3,(H,12,14);/q-1;. The van der Waals surface area contributed by atoms with Gasteiger partial charge in [0.05, 0.1) is 0 Å². The van der Waals surface area contributed by atoms with Gasteiger partial charge in [0.2, 0.25) is 5.91 Å². The molecule has 0 aliphatic rings. The molecule has 0 aromatic heterocycles. The van der Waals surface area contributed by atoms with Gasteiger partial charge in [0, 0.05) is 6.92 Å². The molecule has 1 amide bonds. The SMILES string of the molecule is CC(=O)NC([C-]=O)Cc1ccccc1.[Rf]. The summed E-state index contributed by atoms with van der Waals surface area (Å²) >= 11 is 0. The van der Waals surface area contributed by atoms with E-state index in [2.05, 4.69) is 5.32 Å². The minimum Gasteiger partial charge on any atom is -0.540 e. The van der Waals surface area contributed by atoms with Gasteiger partial charge in [-0.15, -0.1) is 0 Å². The summed E-state index contributed by atoms with van der Waals surface area (Å²) in [6.45, 7) is 1.38. The van der Waals surface area contributed by atoms with Crippen LogP contribution in [0, 0.1) is 0 Å². The third-order valence-corrected chi connectivity index (χ3v) is 1.80. The van der Waals surface area contributed by atoms with Gasteiger partial charge < -0.3 is 10.1 Å². The number of carbonyl (C=O) groups is 1. The first kappa shape index (κ1) is 12.4. The first-order valence-corrected chi connectivity index (χ1v) is 4.41. The van der Waals surface area contributed by atoms with Crippen LogP contribution in [0.25, 0.3) is 0 Å². The van der Waals surface area contributed by atoms with Gasteiger partial charge in [-0.2, -0.15) is 0 Å². The number of nitrogens with one attached hydrogen (secondary N) is 1. The third kappa shape index (κ3) is 4.22. The zero-order valence-corrected chi connectivity index (χ0v) is 15.1. The summed E-state index contributed by atoms with van der Waals surface area (Å²) in [6, 6.07) is 8.96. The second kappa shape index (κ2) is 5.91. The van der Waals surface area contributed by atoms with E-state index in [1.165, 1.54) is 6.92 Å². The van der Waals surface area contributed by atoms with Crippen LogP contribution in [0.3, 0.4) is 0 Å². The Morgan fingerprint density at radius 2 is 2.00 bits per heavy atom. The summed E-state index contributed by atoms with van der Waals surface area (Å²) in [4.78, 5) is 21.2. The van der Waals surface area contributed by atoms with E-state index < -0.39 is 6.04 Å². The second-order valence-electron chi connectivity index (χ2n) is 3.06. The van der Waals surface area contributed by atoms with Crippen LogP contribution in [0.5, 0.6) is 0 Å². The van der Waals surface area contributed by atoms with E-state index in [-0.39, 0.29) is 5.91 Å². The Labute approximate surface area is 83.1 Å². The van der Waals surface area contributed by atoms with Crippen LogP contribution in [0.15, 0.2) is 30.3 Å². The molecule has 1 aromatic carbocycles. The molecule has 0 spiro atoms. The van der Waals surface area contributed by atoms with E-state index in [1.807, 2.05) is 30.3 Å². The van der Waals surface area contributed by atoms with E-state index in [0.29, 0.717) is 6.42 Å². The van der Waals surface area contributed by atoms with Crippen molar-refractivity contribution in [3.8, 4) is 0 Å². The quantitative estimate of drug-likeness (QED) is 0.682. The van der Waals surface area contributed by atoms with Gasteiger partial charge >= 0.3 is 0 Å². The normalized spacial score (nSPS) is 11.0. The van der Waals surface area contributed by atoms with Gasteiger partial charge in [-0.05, 0) is 12.0 Å². The third-order valence-electron chi connectivity index (χ3n) is 1.80. The molecule has 1 aromatic rings. The fourth-order valence-electron chi connectivity index (χ4n) is 1.22. The Morgan fingerprint density at radius 3 is 2.47 bits per heavy atom. The molecular formula is C11H12NO2Rf-. The first-order valence-electron chi connectivity index (χ1n) is 4.41.